The Morgan fingerprint density at radius 3 is 2.70 bits per heavy atom. The van der Waals surface area contributed by atoms with E-state index in [9.17, 15) is 13.6 Å². The van der Waals surface area contributed by atoms with Gasteiger partial charge in [0.1, 0.15) is 11.6 Å². The van der Waals surface area contributed by atoms with E-state index in [-0.39, 0.29) is 34.9 Å². The van der Waals surface area contributed by atoms with Gasteiger partial charge in [-0.15, -0.1) is 5.10 Å². The van der Waals surface area contributed by atoms with E-state index in [1.54, 1.807) is 29.3 Å². The van der Waals surface area contributed by atoms with Crippen molar-refractivity contribution in [2.24, 2.45) is 11.1 Å². The molecule has 1 aromatic carbocycles. The van der Waals surface area contributed by atoms with Crippen molar-refractivity contribution in [3.63, 3.8) is 0 Å². The fourth-order valence-electron chi connectivity index (χ4n) is 6.30. The Labute approximate surface area is 212 Å². The minimum absolute atomic E-state index is 0.127. The van der Waals surface area contributed by atoms with Crippen molar-refractivity contribution in [1.82, 2.24) is 29.9 Å². The molecule has 0 aliphatic heterocycles. The van der Waals surface area contributed by atoms with Crippen molar-refractivity contribution >= 4 is 5.91 Å². The summed E-state index contributed by atoms with van der Waals surface area (Å²) in [5.74, 6) is -1.04. The van der Waals surface area contributed by atoms with Gasteiger partial charge in [0, 0.05) is 25.2 Å². The quantitative estimate of drug-likeness (QED) is 0.427. The molecule has 1 saturated carbocycles. The van der Waals surface area contributed by atoms with E-state index in [0.29, 0.717) is 12.2 Å². The molecule has 2 aliphatic carbocycles. The smallest absolute Gasteiger partial charge is 0.217 e. The van der Waals surface area contributed by atoms with Gasteiger partial charge in [-0.05, 0) is 54.0 Å². The van der Waals surface area contributed by atoms with Crippen LogP contribution in [0.15, 0.2) is 48.9 Å². The van der Waals surface area contributed by atoms with Crippen LogP contribution < -0.4 is 5.73 Å². The molecule has 0 unspecified atom stereocenters. The molecule has 3 aromatic heterocycles. The van der Waals surface area contributed by atoms with Crippen molar-refractivity contribution in [2.75, 3.05) is 0 Å². The summed E-state index contributed by atoms with van der Waals surface area (Å²) in [6.45, 7) is 4.36. The summed E-state index contributed by atoms with van der Waals surface area (Å²) in [4.78, 5) is 20.6. The highest BCUT2D eigenvalue weighted by Crippen LogP contribution is 2.69. The third-order valence-electron chi connectivity index (χ3n) is 8.17. The largest absolute Gasteiger partial charge is 0.370 e. The highest BCUT2D eigenvalue weighted by Gasteiger charge is 2.65. The van der Waals surface area contributed by atoms with Crippen LogP contribution in [0.5, 0.6) is 0 Å². The van der Waals surface area contributed by atoms with Crippen LogP contribution in [-0.4, -0.2) is 35.9 Å². The number of primary amides is 1. The lowest BCUT2D eigenvalue weighted by Gasteiger charge is -2.37. The minimum atomic E-state index is -0.667. The average molecular weight is 502 g/mol. The maximum Gasteiger partial charge on any atom is 0.217 e. The molecule has 6 rings (SSSR count). The second-order valence-corrected chi connectivity index (χ2v) is 10.3. The first-order valence-electron chi connectivity index (χ1n) is 12.2. The van der Waals surface area contributed by atoms with Crippen molar-refractivity contribution in [1.29, 1.82) is 0 Å². The molecule has 1 fully saturated rings. The van der Waals surface area contributed by atoms with Crippen LogP contribution in [-0.2, 0) is 16.6 Å². The summed E-state index contributed by atoms with van der Waals surface area (Å²) in [7, 11) is 0. The van der Waals surface area contributed by atoms with E-state index in [2.05, 4.69) is 34.1 Å². The van der Waals surface area contributed by atoms with Gasteiger partial charge in [-0.3, -0.25) is 9.78 Å². The maximum atomic E-state index is 14.5. The zero-order valence-corrected chi connectivity index (χ0v) is 20.4. The number of aryl methyl sites for hydroxylation is 1. The Morgan fingerprint density at radius 1 is 1.16 bits per heavy atom. The highest BCUT2D eigenvalue weighted by atomic mass is 19.1. The van der Waals surface area contributed by atoms with Crippen LogP contribution >= 0.6 is 0 Å². The predicted molar refractivity (Wildman–Crippen MR) is 131 cm³/mol. The molecular weight excluding hydrogens is 476 g/mol. The lowest BCUT2D eigenvalue weighted by atomic mass is 9.66. The van der Waals surface area contributed by atoms with E-state index in [4.69, 9.17) is 10.7 Å². The Bertz CT molecular complexity index is 1530. The summed E-state index contributed by atoms with van der Waals surface area (Å²) in [6.07, 6.45) is 7.53. The summed E-state index contributed by atoms with van der Waals surface area (Å²) in [5.41, 5.74) is 7.66. The van der Waals surface area contributed by atoms with Crippen molar-refractivity contribution < 1.29 is 13.6 Å². The number of amides is 1. The van der Waals surface area contributed by atoms with E-state index in [1.807, 2.05) is 6.07 Å². The number of nitrogens with zero attached hydrogens (tertiary/aromatic N) is 6. The summed E-state index contributed by atoms with van der Waals surface area (Å²) in [5, 5.41) is 13.4. The monoisotopic (exact) mass is 501 g/mol. The van der Waals surface area contributed by atoms with Crippen LogP contribution in [0, 0.1) is 17.0 Å². The molecule has 2 N–H and O–H groups in total. The highest BCUT2D eigenvalue weighted by molar-refractivity contribution is 5.73. The molecule has 188 valence electrons. The van der Waals surface area contributed by atoms with Crippen LogP contribution in [0.3, 0.4) is 0 Å². The normalized spacial score (nSPS) is 21.2. The molecule has 0 radical (unpaired) electrons. The van der Waals surface area contributed by atoms with Gasteiger partial charge >= 0.3 is 0 Å². The number of carbonyl (C=O) groups is 1. The number of halogens is 2. The van der Waals surface area contributed by atoms with Gasteiger partial charge in [0.15, 0.2) is 5.82 Å². The summed E-state index contributed by atoms with van der Waals surface area (Å²) < 4.78 is 30.6. The Balaban J connectivity index is 1.43. The molecule has 2 bridgehead atoms. The molecule has 1 amide bonds. The second-order valence-electron chi connectivity index (χ2n) is 10.3. The van der Waals surface area contributed by atoms with Crippen LogP contribution in [0.2, 0.25) is 0 Å². The number of rotatable bonds is 6. The van der Waals surface area contributed by atoms with Gasteiger partial charge in [-0.2, -0.15) is 10.2 Å². The zero-order chi connectivity index (χ0) is 25.9. The first-order chi connectivity index (χ1) is 17.7. The molecule has 8 nitrogen and oxygen atoms in total. The van der Waals surface area contributed by atoms with Crippen LogP contribution in [0.4, 0.5) is 8.78 Å². The molecule has 0 spiro atoms. The van der Waals surface area contributed by atoms with Crippen molar-refractivity contribution in [2.45, 2.75) is 50.9 Å². The molecule has 2 aliphatic rings. The van der Waals surface area contributed by atoms with Gasteiger partial charge in [0.25, 0.3) is 0 Å². The number of hydrogen-bond donors (Lipinski definition) is 1. The number of nitrogens with two attached hydrogens (primary N) is 1. The Hall–Kier alpha value is -4.08. The third-order valence-corrected chi connectivity index (χ3v) is 8.17. The van der Waals surface area contributed by atoms with Crippen LogP contribution in [0.1, 0.15) is 61.7 Å². The first-order valence-corrected chi connectivity index (χ1v) is 12.2. The van der Waals surface area contributed by atoms with E-state index >= 15 is 0 Å². The molecule has 2 atom stereocenters. The summed E-state index contributed by atoms with van der Waals surface area (Å²) >= 11 is 0. The molecule has 0 saturated heterocycles. The van der Waals surface area contributed by atoms with Crippen molar-refractivity contribution in [3.8, 4) is 17.1 Å². The van der Waals surface area contributed by atoms with Gasteiger partial charge in [0.2, 0.25) is 5.91 Å². The number of benzene rings is 1. The second kappa shape index (κ2) is 8.22. The van der Waals surface area contributed by atoms with Crippen molar-refractivity contribution in [3.05, 3.63) is 83.2 Å². The van der Waals surface area contributed by atoms with E-state index in [1.165, 1.54) is 18.2 Å². The first kappa shape index (κ1) is 23.3. The minimum Gasteiger partial charge on any atom is -0.370 e. The summed E-state index contributed by atoms with van der Waals surface area (Å²) in [6, 6.07) is 7.39. The van der Waals surface area contributed by atoms with Gasteiger partial charge < -0.3 is 5.73 Å². The lowest BCUT2D eigenvalue weighted by molar-refractivity contribution is -0.118. The molecule has 37 heavy (non-hydrogen) atoms. The average Bonchev–Trinajstić information content (AvgIpc) is 3.50. The number of carbonyl (C=O) groups excluding carboxylic acids is 1. The molecule has 4 aromatic rings. The topological polar surface area (TPSA) is 112 Å². The fourth-order valence-corrected chi connectivity index (χ4v) is 6.30. The lowest BCUT2D eigenvalue weighted by Crippen LogP contribution is -2.38. The maximum absolute atomic E-state index is 14.5. The number of aromatic nitrogens is 6. The standard InChI is InChI=1S/C27H25F2N7O/c1-26(2)17-8-10-27(26,25-16(17)12-20(33-34-25)24-18(28)4-3-5-19(24)29)21-13-31-14-23(32-21)36-11-9-15(35-36)6-7-22(30)37/h3-5,9,11-14,17H,6-8,10H2,1-2H3,(H2,30,37)/t17-,27-/m0/s1. The Morgan fingerprint density at radius 2 is 1.95 bits per heavy atom. The van der Waals surface area contributed by atoms with Gasteiger partial charge in [-0.25, -0.2) is 18.4 Å². The molecular formula is C27H25F2N7O. The van der Waals surface area contributed by atoms with Gasteiger partial charge in [-0.1, -0.05) is 19.9 Å². The molecule has 3 heterocycles. The van der Waals surface area contributed by atoms with E-state index in [0.717, 1.165) is 35.5 Å². The zero-order valence-electron chi connectivity index (χ0n) is 20.4. The Kier molecular flexibility index (Phi) is 5.18. The molecule has 10 heteroatoms. The van der Waals surface area contributed by atoms with Gasteiger partial charge in [0.05, 0.1) is 40.0 Å². The number of fused-ring (bicyclic) bond motifs is 5. The van der Waals surface area contributed by atoms with E-state index < -0.39 is 17.0 Å². The third kappa shape index (κ3) is 3.38. The SMILES string of the molecule is CC1(C)[C@H]2CC[C@]1(c1cncc(-n3ccc(CCC(N)=O)n3)n1)c1nnc(-c3c(F)cccc3F)cc12. The van der Waals surface area contributed by atoms with Crippen LogP contribution in [0.25, 0.3) is 17.1 Å². The number of hydrogen-bond acceptors (Lipinski definition) is 6. The fraction of sp³-hybridized carbons (Fsp3) is 0.333. The predicted octanol–water partition coefficient (Wildman–Crippen LogP) is 4.02.